The van der Waals surface area contributed by atoms with Crippen molar-refractivity contribution >= 4 is 0 Å². The molecule has 4 heteroatoms. The molecule has 1 saturated heterocycles. The summed E-state index contributed by atoms with van der Waals surface area (Å²) < 4.78 is 7.56. The van der Waals surface area contributed by atoms with E-state index in [2.05, 4.69) is 16.9 Å². The van der Waals surface area contributed by atoms with Gasteiger partial charge in [0.2, 0.25) is 0 Å². The minimum Gasteiger partial charge on any atom is -0.381 e. The molecule has 2 atom stereocenters. The van der Waals surface area contributed by atoms with Crippen molar-refractivity contribution in [3.63, 3.8) is 0 Å². The molecular formula is C15H25N3O. The largest absolute Gasteiger partial charge is 0.381 e. The summed E-state index contributed by atoms with van der Waals surface area (Å²) in [6, 6.07) is 3.00. The summed E-state index contributed by atoms with van der Waals surface area (Å²) in [6.45, 7) is 1.80. The van der Waals surface area contributed by atoms with Gasteiger partial charge >= 0.3 is 0 Å². The molecule has 19 heavy (non-hydrogen) atoms. The molecule has 106 valence electrons. The zero-order valence-corrected chi connectivity index (χ0v) is 11.6. The van der Waals surface area contributed by atoms with Gasteiger partial charge in [-0.15, -0.1) is 0 Å². The molecule has 0 bridgehead atoms. The predicted molar refractivity (Wildman–Crippen MR) is 75.0 cm³/mol. The molecule has 3 rings (SSSR count). The zero-order chi connectivity index (χ0) is 13.1. The Labute approximate surface area is 115 Å². The topological polar surface area (TPSA) is 53.1 Å². The molecule has 2 heterocycles. The Hall–Kier alpha value is -0.870. The highest BCUT2D eigenvalue weighted by molar-refractivity contribution is 5.02. The summed E-state index contributed by atoms with van der Waals surface area (Å²) >= 11 is 0. The zero-order valence-electron chi connectivity index (χ0n) is 11.6. The average molecular weight is 263 g/mol. The lowest BCUT2D eigenvalue weighted by molar-refractivity contribution is 0.182. The highest BCUT2D eigenvalue weighted by Crippen LogP contribution is 2.28. The van der Waals surface area contributed by atoms with Gasteiger partial charge in [0.15, 0.2) is 0 Å². The van der Waals surface area contributed by atoms with Crippen LogP contribution in [0.1, 0.15) is 50.3 Å². The Bertz CT molecular complexity index is 392. The molecule has 2 fully saturated rings. The van der Waals surface area contributed by atoms with Crippen molar-refractivity contribution in [1.82, 2.24) is 9.78 Å². The van der Waals surface area contributed by atoms with Gasteiger partial charge in [-0.1, -0.05) is 12.8 Å². The van der Waals surface area contributed by atoms with E-state index in [1.807, 2.05) is 0 Å². The van der Waals surface area contributed by atoms with E-state index in [0.717, 1.165) is 31.7 Å². The molecule has 1 saturated carbocycles. The van der Waals surface area contributed by atoms with Gasteiger partial charge in [-0.3, -0.25) is 4.68 Å². The van der Waals surface area contributed by atoms with Crippen LogP contribution in [0.25, 0.3) is 0 Å². The molecule has 0 radical (unpaired) electrons. The molecule has 2 N–H and O–H groups in total. The Balaban J connectivity index is 1.51. The molecule has 1 aromatic heterocycles. The first-order chi connectivity index (χ1) is 9.31. The average Bonchev–Trinajstić information content (AvgIpc) is 3.09. The molecule has 0 spiro atoms. The van der Waals surface area contributed by atoms with Crippen molar-refractivity contribution < 1.29 is 4.74 Å². The normalized spacial score (nSPS) is 26.1. The lowest BCUT2D eigenvalue weighted by Gasteiger charge is -2.14. The smallest absolute Gasteiger partial charge is 0.0640 e. The van der Waals surface area contributed by atoms with Crippen molar-refractivity contribution in [1.29, 1.82) is 0 Å². The number of hydrogen-bond donors (Lipinski definition) is 1. The molecule has 1 aliphatic carbocycles. The molecule has 4 nitrogen and oxygen atoms in total. The first kappa shape index (κ1) is 13.1. The monoisotopic (exact) mass is 263 g/mol. The van der Waals surface area contributed by atoms with Crippen LogP contribution in [0.15, 0.2) is 12.3 Å². The van der Waals surface area contributed by atoms with Gasteiger partial charge in [-0.05, 0) is 37.7 Å². The second-order valence-electron chi connectivity index (χ2n) is 6.15. The third-order valence-electron chi connectivity index (χ3n) is 4.49. The van der Waals surface area contributed by atoms with Gasteiger partial charge in [0.05, 0.1) is 11.7 Å². The third-order valence-corrected chi connectivity index (χ3v) is 4.49. The van der Waals surface area contributed by atoms with Crippen LogP contribution >= 0.6 is 0 Å². The SMILES string of the molecule is NC(Cc1ccn(C2CCCC2)n1)CC1CCOC1. The number of rotatable bonds is 5. The maximum Gasteiger partial charge on any atom is 0.0640 e. The highest BCUT2D eigenvalue weighted by Gasteiger charge is 2.21. The van der Waals surface area contributed by atoms with E-state index in [1.165, 1.54) is 32.1 Å². The van der Waals surface area contributed by atoms with E-state index < -0.39 is 0 Å². The number of nitrogens with two attached hydrogens (primary N) is 1. The van der Waals surface area contributed by atoms with Crippen molar-refractivity contribution in [3.05, 3.63) is 18.0 Å². The van der Waals surface area contributed by atoms with Crippen LogP contribution in [0.2, 0.25) is 0 Å². The molecule has 0 amide bonds. The first-order valence-electron chi connectivity index (χ1n) is 7.68. The van der Waals surface area contributed by atoms with Gasteiger partial charge in [0.1, 0.15) is 0 Å². The van der Waals surface area contributed by atoms with E-state index in [9.17, 15) is 0 Å². The molecule has 1 aliphatic heterocycles. The van der Waals surface area contributed by atoms with Crippen LogP contribution in [-0.2, 0) is 11.2 Å². The first-order valence-corrected chi connectivity index (χ1v) is 7.68. The van der Waals surface area contributed by atoms with E-state index in [-0.39, 0.29) is 6.04 Å². The van der Waals surface area contributed by atoms with Crippen LogP contribution in [0.4, 0.5) is 0 Å². The van der Waals surface area contributed by atoms with Gasteiger partial charge in [0, 0.05) is 31.9 Å². The minimum absolute atomic E-state index is 0.221. The van der Waals surface area contributed by atoms with E-state index in [0.29, 0.717) is 12.0 Å². The molecular weight excluding hydrogens is 238 g/mol. The van der Waals surface area contributed by atoms with Gasteiger partial charge in [0.25, 0.3) is 0 Å². The van der Waals surface area contributed by atoms with Crippen LogP contribution in [0.5, 0.6) is 0 Å². The van der Waals surface area contributed by atoms with E-state index >= 15 is 0 Å². The fraction of sp³-hybridized carbons (Fsp3) is 0.800. The highest BCUT2D eigenvalue weighted by atomic mass is 16.5. The fourth-order valence-electron chi connectivity index (χ4n) is 3.41. The minimum atomic E-state index is 0.221. The molecule has 2 unspecified atom stereocenters. The lowest BCUT2D eigenvalue weighted by Crippen LogP contribution is -2.26. The van der Waals surface area contributed by atoms with E-state index in [1.54, 1.807) is 0 Å². The molecule has 2 aliphatic rings. The number of ether oxygens (including phenoxy) is 1. The third kappa shape index (κ3) is 3.37. The Morgan fingerprint density at radius 3 is 2.95 bits per heavy atom. The summed E-state index contributed by atoms with van der Waals surface area (Å²) in [7, 11) is 0. The van der Waals surface area contributed by atoms with Crippen molar-refractivity contribution in [2.45, 2.75) is 57.0 Å². The Morgan fingerprint density at radius 2 is 2.21 bits per heavy atom. The lowest BCUT2D eigenvalue weighted by atomic mass is 9.97. The Morgan fingerprint density at radius 1 is 1.37 bits per heavy atom. The fourth-order valence-corrected chi connectivity index (χ4v) is 3.41. The summed E-state index contributed by atoms with van der Waals surface area (Å²) in [5, 5.41) is 4.71. The summed E-state index contributed by atoms with van der Waals surface area (Å²) in [4.78, 5) is 0. The number of hydrogen-bond acceptors (Lipinski definition) is 3. The maximum atomic E-state index is 6.24. The van der Waals surface area contributed by atoms with Crippen LogP contribution in [0, 0.1) is 5.92 Å². The van der Waals surface area contributed by atoms with Gasteiger partial charge < -0.3 is 10.5 Å². The predicted octanol–water partition coefficient (Wildman–Crippen LogP) is 2.29. The second-order valence-corrected chi connectivity index (χ2v) is 6.15. The van der Waals surface area contributed by atoms with Crippen molar-refractivity contribution in [2.24, 2.45) is 11.7 Å². The Kier molecular flexibility index (Phi) is 4.18. The molecule has 1 aromatic rings. The number of aromatic nitrogens is 2. The second kappa shape index (κ2) is 6.06. The number of nitrogens with zero attached hydrogens (tertiary/aromatic N) is 2. The van der Waals surface area contributed by atoms with E-state index in [4.69, 9.17) is 15.6 Å². The quantitative estimate of drug-likeness (QED) is 0.887. The van der Waals surface area contributed by atoms with Gasteiger partial charge in [-0.25, -0.2) is 0 Å². The van der Waals surface area contributed by atoms with Gasteiger partial charge in [-0.2, -0.15) is 5.10 Å². The van der Waals surface area contributed by atoms with Crippen molar-refractivity contribution in [3.8, 4) is 0 Å². The maximum absolute atomic E-state index is 6.24. The van der Waals surface area contributed by atoms with Crippen LogP contribution < -0.4 is 5.73 Å². The summed E-state index contributed by atoms with van der Waals surface area (Å²) in [6.07, 6.45) is 10.5. The summed E-state index contributed by atoms with van der Waals surface area (Å²) in [5.41, 5.74) is 7.39. The standard InChI is InChI=1S/C15H25N3O/c16-13(9-12-6-8-19-11-12)10-14-5-7-18(17-14)15-3-1-2-4-15/h5,7,12-13,15H,1-4,6,8-11,16H2. The van der Waals surface area contributed by atoms with Crippen LogP contribution in [0.3, 0.4) is 0 Å². The summed E-state index contributed by atoms with van der Waals surface area (Å²) in [5.74, 6) is 0.659. The van der Waals surface area contributed by atoms with Crippen LogP contribution in [-0.4, -0.2) is 29.0 Å². The molecule has 0 aromatic carbocycles. The van der Waals surface area contributed by atoms with Crippen molar-refractivity contribution in [2.75, 3.05) is 13.2 Å².